The second kappa shape index (κ2) is 11.1. The highest BCUT2D eigenvalue weighted by atomic mass is 16.4. The van der Waals surface area contributed by atoms with Gasteiger partial charge in [-0.3, -0.25) is 14.4 Å². The van der Waals surface area contributed by atoms with Crippen LogP contribution < -0.4 is 16.4 Å². The summed E-state index contributed by atoms with van der Waals surface area (Å²) in [7, 11) is 0. The SMILES string of the molecule is CC(C)CC(N)C(=O)N1CCCC1C(=O)NC(CO)C(=O)NC(C(=O)O)C(C)C. The Morgan fingerprint density at radius 1 is 1.14 bits per heavy atom. The van der Waals surface area contributed by atoms with Crippen molar-refractivity contribution in [1.82, 2.24) is 15.5 Å². The first-order valence-corrected chi connectivity index (χ1v) is 10.00. The fraction of sp³-hybridized carbons (Fsp3) is 0.789. The van der Waals surface area contributed by atoms with E-state index in [0.717, 1.165) is 0 Å². The van der Waals surface area contributed by atoms with Crippen LogP contribution in [0.4, 0.5) is 0 Å². The molecule has 4 unspecified atom stereocenters. The van der Waals surface area contributed by atoms with Crippen LogP contribution in [-0.4, -0.2) is 76.1 Å². The maximum Gasteiger partial charge on any atom is 0.326 e. The number of aliphatic hydroxyl groups is 1. The number of hydrogen-bond donors (Lipinski definition) is 5. The lowest BCUT2D eigenvalue weighted by Crippen LogP contribution is -2.58. The number of likely N-dealkylation sites (tertiary alicyclic amines) is 1. The molecular formula is C19H34N4O6. The highest BCUT2D eigenvalue weighted by Crippen LogP contribution is 2.20. The summed E-state index contributed by atoms with van der Waals surface area (Å²) >= 11 is 0. The number of aliphatic carboxylic acids is 1. The molecule has 0 saturated carbocycles. The second-order valence-corrected chi connectivity index (χ2v) is 8.24. The predicted octanol–water partition coefficient (Wildman–Crippen LogP) is -0.947. The fourth-order valence-electron chi connectivity index (χ4n) is 3.35. The molecule has 29 heavy (non-hydrogen) atoms. The van der Waals surface area contributed by atoms with Crippen molar-refractivity contribution in [2.45, 2.75) is 71.1 Å². The van der Waals surface area contributed by atoms with Crippen molar-refractivity contribution in [3.8, 4) is 0 Å². The lowest BCUT2D eigenvalue weighted by molar-refractivity contribution is -0.144. The van der Waals surface area contributed by atoms with E-state index in [0.29, 0.717) is 25.8 Å². The third-order valence-corrected chi connectivity index (χ3v) is 4.93. The van der Waals surface area contributed by atoms with E-state index in [1.54, 1.807) is 13.8 Å². The maximum absolute atomic E-state index is 12.7. The smallest absolute Gasteiger partial charge is 0.326 e. The Morgan fingerprint density at radius 2 is 1.76 bits per heavy atom. The molecule has 4 atom stereocenters. The Bertz CT molecular complexity index is 610. The van der Waals surface area contributed by atoms with Crippen molar-refractivity contribution in [3.63, 3.8) is 0 Å². The average Bonchev–Trinajstić information content (AvgIpc) is 3.11. The van der Waals surface area contributed by atoms with Crippen molar-refractivity contribution in [1.29, 1.82) is 0 Å². The Balaban J connectivity index is 2.79. The zero-order valence-electron chi connectivity index (χ0n) is 17.6. The van der Waals surface area contributed by atoms with Gasteiger partial charge in [-0.05, 0) is 31.1 Å². The third kappa shape index (κ3) is 6.97. The van der Waals surface area contributed by atoms with Crippen molar-refractivity contribution in [2.24, 2.45) is 17.6 Å². The number of nitrogens with zero attached hydrogens (tertiary/aromatic N) is 1. The molecule has 10 nitrogen and oxygen atoms in total. The van der Waals surface area contributed by atoms with Crippen molar-refractivity contribution in [3.05, 3.63) is 0 Å². The van der Waals surface area contributed by atoms with Gasteiger partial charge in [-0.25, -0.2) is 4.79 Å². The lowest BCUT2D eigenvalue weighted by atomic mass is 10.0. The average molecular weight is 415 g/mol. The molecule has 1 rings (SSSR count). The minimum Gasteiger partial charge on any atom is -0.480 e. The monoisotopic (exact) mass is 414 g/mol. The number of carboxylic acid groups (broad SMARTS) is 1. The highest BCUT2D eigenvalue weighted by molar-refractivity contribution is 5.94. The number of amides is 3. The van der Waals surface area contributed by atoms with E-state index in [-0.39, 0.29) is 17.7 Å². The van der Waals surface area contributed by atoms with E-state index in [2.05, 4.69) is 10.6 Å². The van der Waals surface area contributed by atoms with Crippen LogP contribution in [0.25, 0.3) is 0 Å². The molecule has 6 N–H and O–H groups in total. The zero-order valence-corrected chi connectivity index (χ0v) is 17.6. The third-order valence-electron chi connectivity index (χ3n) is 4.93. The molecule has 166 valence electrons. The summed E-state index contributed by atoms with van der Waals surface area (Å²) in [4.78, 5) is 50.3. The maximum atomic E-state index is 12.7. The van der Waals surface area contributed by atoms with Gasteiger partial charge in [0, 0.05) is 6.54 Å². The first-order valence-electron chi connectivity index (χ1n) is 10.00. The van der Waals surface area contributed by atoms with Crippen LogP contribution in [0.1, 0.15) is 47.0 Å². The highest BCUT2D eigenvalue weighted by Gasteiger charge is 2.38. The van der Waals surface area contributed by atoms with Gasteiger partial charge in [-0.15, -0.1) is 0 Å². The van der Waals surface area contributed by atoms with Crippen LogP contribution >= 0.6 is 0 Å². The first kappa shape index (κ1) is 24.8. The Morgan fingerprint density at radius 3 is 2.24 bits per heavy atom. The summed E-state index contributed by atoms with van der Waals surface area (Å²) in [6.45, 7) is 6.87. The van der Waals surface area contributed by atoms with Crippen LogP contribution in [0.15, 0.2) is 0 Å². The number of carboxylic acids is 1. The molecule has 0 aromatic heterocycles. The summed E-state index contributed by atoms with van der Waals surface area (Å²) in [5, 5.41) is 23.5. The Hall–Kier alpha value is -2.20. The predicted molar refractivity (Wildman–Crippen MR) is 106 cm³/mol. The fourth-order valence-corrected chi connectivity index (χ4v) is 3.35. The molecule has 0 aliphatic carbocycles. The minimum atomic E-state index is -1.31. The summed E-state index contributed by atoms with van der Waals surface area (Å²) in [5.74, 6) is -3.03. The van der Waals surface area contributed by atoms with E-state index in [1.165, 1.54) is 4.90 Å². The standard InChI is InChI=1S/C19H34N4O6/c1-10(2)8-12(20)18(27)23-7-5-6-14(23)17(26)21-13(9-24)16(25)22-15(11(3)4)19(28)29/h10-15,24H,5-9,20H2,1-4H3,(H,21,26)(H,22,25)(H,28,29). The number of carbonyl (C=O) groups is 4. The number of nitrogens with one attached hydrogen (secondary N) is 2. The molecule has 0 aromatic carbocycles. The van der Waals surface area contributed by atoms with Gasteiger partial charge in [0.15, 0.2) is 0 Å². The number of rotatable bonds is 10. The molecule has 0 bridgehead atoms. The molecule has 0 aromatic rings. The van der Waals surface area contributed by atoms with E-state index in [4.69, 9.17) is 5.73 Å². The first-order chi connectivity index (χ1) is 13.5. The molecule has 1 aliphatic rings. The van der Waals surface area contributed by atoms with Crippen molar-refractivity contribution >= 4 is 23.7 Å². The van der Waals surface area contributed by atoms with Crippen LogP contribution in [0.5, 0.6) is 0 Å². The molecule has 0 radical (unpaired) electrons. The molecule has 1 saturated heterocycles. The van der Waals surface area contributed by atoms with E-state index < -0.39 is 48.6 Å². The normalized spacial score (nSPS) is 19.7. The summed E-state index contributed by atoms with van der Waals surface area (Å²) < 4.78 is 0. The number of carbonyl (C=O) groups excluding carboxylic acids is 3. The molecule has 0 spiro atoms. The van der Waals surface area contributed by atoms with Crippen molar-refractivity contribution in [2.75, 3.05) is 13.2 Å². The van der Waals surface area contributed by atoms with E-state index >= 15 is 0 Å². The van der Waals surface area contributed by atoms with Crippen LogP contribution in [0.2, 0.25) is 0 Å². The van der Waals surface area contributed by atoms with Gasteiger partial charge in [0.1, 0.15) is 18.1 Å². The van der Waals surface area contributed by atoms with Gasteiger partial charge >= 0.3 is 5.97 Å². The van der Waals surface area contributed by atoms with Gasteiger partial charge < -0.3 is 31.5 Å². The topological polar surface area (TPSA) is 162 Å². The molecular weight excluding hydrogens is 380 g/mol. The summed E-state index contributed by atoms with van der Waals surface area (Å²) in [5.41, 5.74) is 5.96. The molecule has 1 fully saturated rings. The van der Waals surface area contributed by atoms with E-state index in [1.807, 2.05) is 13.8 Å². The minimum absolute atomic E-state index is 0.231. The van der Waals surface area contributed by atoms with E-state index in [9.17, 15) is 29.4 Å². The van der Waals surface area contributed by atoms with Gasteiger partial charge in [-0.2, -0.15) is 0 Å². The van der Waals surface area contributed by atoms with Crippen LogP contribution in [0, 0.1) is 11.8 Å². The number of hydrogen-bond acceptors (Lipinski definition) is 6. The molecule has 3 amide bonds. The number of nitrogens with two attached hydrogens (primary N) is 1. The van der Waals surface area contributed by atoms with Gasteiger partial charge in [0.05, 0.1) is 12.6 Å². The second-order valence-electron chi connectivity index (χ2n) is 8.24. The zero-order chi connectivity index (χ0) is 22.3. The molecule has 1 heterocycles. The molecule has 10 heteroatoms. The lowest BCUT2D eigenvalue weighted by Gasteiger charge is -2.29. The van der Waals surface area contributed by atoms with Gasteiger partial charge in [0.25, 0.3) is 0 Å². The van der Waals surface area contributed by atoms with Crippen LogP contribution in [0.3, 0.4) is 0 Å². The summed E-state index contributed by atoms with van der Waals surface area (Å²) in [6, 6.07) is -3.94. The largest absolute Gasteiger partial charge is 0.480 e. The summed E-state index contributed by atoms with van der Waals surface area (Å²) in [6.07, 6.45) is 1.55. The Labute approximate surface area is 171 Å². The quantitative estimate of drug-likeness (QED) is 0.308. The van der Waals surface area contributed by atoms with Crippen LogP contribution in [-0.2, 0) is 19.2 Å². The Kier molecular flexibility index (Phi) is 9.51. The van der Waals surface area contributed by atoms with Gasteiger partial charge in [-0.1, -0.05) is 27.7 Å². The molecule has 1 aliphatic heterocycles. The number of aliphatic hydroxyl groups excluding tert-OH is 1. The van der Waals surface area contributed by atoms with Crippen molar-refractivity contribution < 1.29 is 29.4 Å². The van der Waals surface area contributed by atoms with Gasteiger partial charge in [0.2, 0.25) is 17.7 Å².